The van der Waals surface area contributed by atoms with Crippen LogP contribution in [0.3, 0.4) is 0 Å². The van der Waals surface area contributed by atoms with Crippen molar-refractivity contribution in [1.29, 1.82) is 0 Å². The second-order valence-corrected chi connectivity index (χ2v) is 8.94. The molecule has 21 heteroatoms. The first-order valence-corrected chi connectivity index (χ1v) is 11.3. The number of aromatic amines is 1. The molecule has 3 aromatic carbocycles. The van der Waals surface area contributed by atoms with Gasteiger partial charge in [-0.15, -0.1) is 0 Å². The lowest BCUT2D eigenvalue weighted by atomic mass is 9.24. The number of hydrogen-bond donors (Lipinski definition) is 2. The van der Waals surface area contributed by atoms with E-state index in [-0.39, 0.29) is 12.1 Å². The Balaban J connectivity index is 2.56. The van der Waals surface area contributed by atoms with E-state index in [2.05, 4.69) is 0 Å². The summed E-state index contributed by atoms with van der Waals surface area (Å²) in [7, 11) is 0. The van der Waals surface area contributed by atoms with Gasteiger partial charge in [-0.05, 0) is 6.07 Å². The van der Waals surface area contributed by atoms with Gasteiger partial charge in [-0.3, -0.25) is 0 Å². The third-order valence-electron chi connectivity index (χ3n) is 6.50. The molecule has 0 aliphatic heterocycles. The lowest BCUT2D eigenvalue weighted by Crippen LogP contribution is -3.07. The van der Waals surface area contributed by atoms with Gasteiger partial charge in [0.15, 0.2) is 52.4 Å². The predicted octanol–water partition coefficient (Wildman–Crippen LogP) is 3.77. The molecule has 45 heavy (non-hydrogen) atoms. The SMILES string of the molecule is Fc1c(F)c(F)c([B-](/[NH+]=c2/cccc(C(F)(F)F)[nH]2)(c2c(F)c(F)c(F)c(F)c2F)c2c(F)c(F)c(F)c(F)c2F)c(F)c1F. The molecule has 2 nitrogen and oxygen atoms in total. The van der Waals surface area contributed by atoms with Gasteiger partial charge in [0, 0.05) is 6.07 Å². The van der Waals surface area contributed by atoms with Crippen LogP contribution in [0.2, 0.25) is 0 Å². The highest BCUT2D eigenvalue weighted by Gasteiger charge is 2.51. The fraction of sp³-hybridized carbons (Fsp3) is 0.0417. The first-order valence-electron chi connectivity index (χ1n) is 11.3. The topological polar surface area (TPSA) is 29.8 Å². The summed E-state index contributed by atoms with van der Waals surface area (Å²) in [6.45, 7) is 0. The third-order valence-corrected chi connectivity index (χ3v) is 6.50. The number of halogens is 18. The van der Waals surface area contributed by atoms with Crippen LogP contribution in [-0.4, -0.2) is 11.3 Å². The quantitative estimate of drug-likeness (QED) is 0.143. The highest BCUT2D eigenvalue weighted by molar-refractivity contribution is 7.05. The zero-order valence-corrected chi connectivity index (χ0v) is 20.6. The molecule has 1 aromatic heterocycles. The molecule has 0 saturated carbocycles. The first-order chi connectivity index (χ1) is 20.7. The van der Waals surface area contributed by atoms with Crippen molar-refractivity contribution >= 4 is 22.7 Å². The van der Waals surface area contributed by atoms with E-state index in [1.165, 1.54) is 4.98 Å². The number of H-pyrrole nitrogens is 1. The number of alkyl halides is 3. The molecular weight excluding hydrogens is 669 g/mol. The largest absolute Gasteiger partial charge is 0.457 e. The molecule has 0 aliphatic rings. The van der Waals surface area contributed by atoms with Crippen LogP contribution >= 0.6 is 0 Å². The van der Waals surface area contributed by atoms with Crippen molar-refractivity contribution in [2.24, 2.45) is 0 Å². The average Bonchev–Trinajstić information content (AvgIpc) is 2.98. The van der Waals surface area contributed by atoms with Gasteiger partial charge in [0.1, 0.15) is 34.9 Å². The summed E-state index contributed by atoms with van der Waals surface area (Å²) in [6.07, 6.45) is -11.8. The number of pyridine rings is 1. The maximum Gasteiger partial charge on any atom is 0.453 e. The third kappa shape index (κ3) is 4.87. The zero-order chi connectivity index (χ0) is 34.1. The highest BCUT2D eigenvalue weighted by Crippen LogP contribution is 2.27. The summed E-state index contributed by atoms with van der Waals surface area (Å²) in [5.41, 5.74) is -12.8. The normalized spacial score (nSPS) is 12.8. The molecule has 240 valence electrons. The van der Waals surface area contributed by atoms with Gasteiger partial charge in [-0.2, -0.15) is 13.2 Å². The number of rotatable bonds is 4. The van der Waals surface area contributed by atoms with Gasteiger partial charge >= 0.3 is 6.18 Å². The van der Waals surface area contributed by atoms with Crippen molar-refractivity contribution in [3.8, 4) is 0 Å². The van der Waals surface area contributed by atoms with E-state index in [0.717, 1.165) is 4.90 Å². The lowest BCUT2D eigenvalue weighted by molar-refractivity contribution is -0.353. The van der Waals surface area contributed by atoms with Crippen LogP contribution in [0.4, 0.5) is 79.0 Å². The summed E-state index contributed by atoms with van der Waals surface area (Å²) in [5, 5.41) is 0. The number of aromatic nitrogens is 1. The van der Waals surface area contributed by atoms with E-state index in [4.69, 9.17) is 0 Å². The molecule has 0 atom stereocenters. The van der Waals surface area contributed by atoms with E-state index in [0.29, 0.717) is 6.07 Å². The Labute approximate surface area is 235 Å². The molecule has 2 N–H and O–H groups in total. The molecule has 0 unspecified atom stereocenters. The van der Waals surface area contributed by atoms with Crippen molar-refractivity contribution in [3.63, 3.8) is 0 Å². The summed E-state index contributed by atoms with van der Waals surface area (Å²) < 4.78 is 261. The minimum Gasteiger partial charge on any atom is -0.457 e. The Morgan fingerprint density at radius 3 is 0.956 bits per heavy atom. The molecule has 0 aliphatic carbocycles. The number of benzene rings is 3. The van der Waals surface area contributed by atoms with Crippen molar-refractivity contribution in [3.05, 3.63) is 117 Å². The fourth-order valence-corrected chi connectivity index (χ4v) is 4.61. The van der Waals surface area contributed by atoms with E-state index in [9.17, 15) is 52.7 Å². The molecule has 0 fully saturated rings. The van der Waals surface area contributed by atoms with Gasteiger partial charge in [-0.25, -0.2) is 70.8 Å². The Hall–Kier alpha value is -4.59. The van der Waals surface area contributed by atoms with Crippen molar-refractivity contribution in [2.45, 2.75) is 6.18 Å². The average molecular weight is 674 g/mol. The smallest absolute Gasteiger partial charge is 0.453 e. The lowest BCUT2D eigenvalue weighted by Gasteiger charge is -2.37. The van der Waals surface area contributed by atoms with Gasteiger partial charge < -0.3 is 4.90 Å². The summed E-state index contributed by atoms with van der Waals surface area (Å²) in [4.78, 5) is 2.37. The molecule has 1 heterocycles. The van der Waals surface area contributed by atoms with Gasteiger partial charge in [0.25, 0.3) is 6.28 Å². The van der Waals surface area contributed by atoms with Crippen molar-refractivity contribution in [1.82, 2.24) is 4.98 Å². The number of hydrogen-bond acceptors (Lipinski definition) is 0. The molecule has 0 amide bonds. The summed E-state index contributed by atoms with van der Waals surface area (Å²) >= 11 is 0. The summed E-state index contributed by atoms with van der Waals surface area (Å²) in [6, 6.07) is 0.670. The summed E-state index contributed by atoms with van der Waals surface area (Å²) in [5.74, 6) is -48.9. The second kappa shape index (κ2) is 11.1. The molecule has 0 spiro atoms. The van der Waals surface area contributed by atoms with Crippen LogP contribution in [0.5, 0.6) is 0 Å². The second-order valence-electron chi connectivity index (χ2n) is 8.94. The minimum absolute atomic E-state index is 0.148. The van der Waals surface area contributed by atoms with Crippen LogP contribution in [0.15, 0.2) is 18.2 Å². The number of nitrogens with one attached hydrogen (secondary N) is 2. The van der Waals surface area contributed by atoms with Crippen molar-refractivity contribution in [2.75, 3.05) is 0 Å². The van der Waals surface area contributed by atoms with E-state index in [1.807, 2.05) is 0 Å². The van der Waals surface area contributed by atoms with Gasteiger partial charge in [-0.1, -0.05) is 22.5 Å². The van der Waals surface area contributed by atoms with Gasteiger partial charge in [0.05, 0.1) is 0 Å². The molecule has 0 saturated heterocycles. The monoisotopic (exact) mass is 674 g/mol. The Morgan fingerprint density at radius 1 is 0.422 bits per heavy atom. The Bertz CT molecular complexity index is 1710. The van der Waals surface area contributed by atoms with Crippen LogP contribution in [0.1, 0.15) is 5.69 Å². The first kappa shape index (κ1) is 33.3. The molecular formula is C24H5BF18N2. The van der Waals surface area contributed by atoms with Crippen LogP contribution in [-0.2, 0) is 6.18 Å². The molecule has 4 rings (SSSR count). The fourth-order valence-electron chi connectivity index (χ4n) is 4.61. The minimum atomic E-state index is -6.30. The standard InChI is InChI=1S/C24H5BF18N2/c26-9-6(10(27)16(33)21(38)15(9)32)25(7-11(28)17(34)22(39)18(35)12(7)29,8-13(30)19(36)23(40)20(37)14(8)31)45-5-3-1-2-4(44-5)24(41,42)43/h1-3,44-45H/b45-5-. The Morgan fingerprint density at radius 2 is 0.689 bits per heavy atom. The highest BCUT2D eigenvalue weighted by atomic mass is 19.4. The van der Waals surface area contributed by atoms with E-state index >= 15 is 26.3 Å². The van der Waals surface area contributed by atoms with Crippen LogP contribution < -0.4 is 26.8 Å². The van der Waals surface area contributed by atoms with Crippen LogP contribution in [0, 0.1) is 87.3 Å². The zero-order valence-electron chi connectivity index (χ0n) is 20.6. The van der Waals surface area contributed by atoms with Crippen LogP contribution in [0.25, 0.3) is 0 Å². The molecule has 0 radical (unpaired) electrons. The molecule has 0 bridgehead atoms. The Kier molecular flexibility index (Phi) is 8.21. The van der Waals surface area contributed by atoms with Gasteiger partial charge in [0.2, 0.25) is 11.2 Å². The van der Waals surface area contributed by atoms with E-state index < -0.39 is 127 Å². The van der Waals surface area contributed by atoms with Crippen molar-refractivity contribution < 1.29 is 83.9 Å². The van der Waals surface area contributed by atoms with E-state index in [1.54, 1.807) is 0 Å². The molecule has 4 aromatic rings. The predicted molar refractivity (Wildman–Crippen MR) is 113 cm³/mol. The maximum absolute atomic E-state index is 15.4. The maximum atomic E-state index is 15.4.